The van der Waals surface area contributed by atoms with Gasteiger partial charge < -0.3 is 15.2 Å². The van der Waals surface area contributed by atoms with E-state index in [2.05, 4.69) is 5.32 Å². The number of benzene rings is 1. The number of nitrogens with one attached hydrogen (secondary N) is 1. The summed E-state index contributed by atoms with van der Waals surface area (Å²) in [6, 6.07) is 10.8. The second-order valence-electron chi connectivity index (χ2n) is 5.06. The quantitative estimate of drug-likeness (QED) is 0.814. The number of thiophene rings is 1. The van der Waals surface area contributed by atoms with Crippen LogP contribution in [0.3, 0.4) is 0 Å². The van der Waals surface area contributed by atoms with E-state index in [1.54, 1.807) is 19.1 Å². The second-order valence-corrected chi connectivity index (χ2v) is 6.41. The summed E-state index contributed by atoms with van der Waals surface area (Å²) < 4.78 is 5.46. The Morgan fingerprint density at radius 2 is 2.14 bits per heavy atom. The minimum absolute atomic E-state index is 0.165. The van der Waals surface area contributed by atoms with E-state index >= 15 is 0 Å². The van der Waals surface area contributed by atoms with Crippen molar-refractivity contribution in [3.63, 3.8) is 0 Å². The number of amides is 1. The van der Waals surface area contributed by atoms with E-state index in [9.17, 15) is 9.90 Å². The van der Waals surface area contributed by atoms with Gasteiger partial charge in [0.05, 0.1) is 24.6 Å². The van der Waals surface area contributed by atoms with Gasteiger partial charge in [0, 0.05) is 4.88 Å². The smallest absolute Gasteiger partial charge is 0.223 e. The first kappa shape index (κ1) is 16.8. The topological polar surface area (TPSA) is 58.6 Å². The summed E-state index contributed by atoms with van der Waals surface area (Å²) in [6.45, 7) is 2.08. The normalized spacial score (nSPS) is 13.4. The van der Waals surface area contributed by atoms with Crippen molar-refractivity contribution >= 4 is 28.8 Å². The Hall–Kier alpha value is -1.56. The lowest BCUT2D eigenvalue weighted by molar-refractivity contribution is -0.122. The van der Waals surface area contributed by atoms with Gasteiger partial charge in [0.2, 0.25) is 5.91 Å². The SMILES string of the molecule is CC(O)(CNC(=O)CCOc1ccccc1Cl)c1cccs1. The highest BCUT2D eigenvalue weighted by molar-refractivity contribution is 7.10. The fraction of sp³-hybridized carbons (Fsp3) is 0.312. The van der Waals surface area contributed by atoms with E-state index in [1.165, 1.54) is 11.3 Å². The van der Waals surface area contributed by atoms with Crippen molar-refractivity contribution < 1.29 is 14.6 Å². The Morgan fingerprint density at radius 3 is 2.82 bits per heavy atom. The standard InChI is InChI=1S/C16H18ClNO3S/c1-16(20,14-7-4-10-22-14)11-18-15(19)8-9-21-13-6-3-2-5-12(13)17/h2-7,10,20H,8-9,11H2,1H3,(H,18,19). The molecule has 0 radical (unpaired) electrons. The van der Waals surface area contributed by atoms with Gasteiger partial charge in [-0.05, 0) is 30.5 Å². The molecule has 6 heteroatoms. The molecule has 0 saturated heterocycles. The van der Waals surface area contributed by atoms with Crippen LogP contribution in [0.25, 0.3) is 0 Å². The maximum atomic E-state index is 11.8. The molecule has 1 heterocycles. The lowest BCUT2D eigenvalue weighted by atomic mass is 10.1. The van der Waals surface area contributed by atoms with Crippen LogP contribution >= 0.6 is 22.9 Å². The summed E-state index contributed by atoms with van der Waals surface area (Å²) in [5.74, 6) is 0.381. The van der Waals surface area contributed by atoms with Crippen molar-refractivity contribution in [2.45, 2.75) is 18.9 Å². The van der Waals surface area contributed by atoms with Crippen LogP contribution in [0.15, 0.2) is 41.8 Å². The van der Waals surface area contributed by atoms with Gasteiger partial charge in [-0.1, -0.05) is 29.8 Å². The predicted octanol–water partition coefficient (Wildman–Crippen LogP) is 3.19. The average Bonchev–Trinajstić information content (AvgIpc) is 3.02. The van der Waals surface area contributed by atoms with Crippen molar-refractivity contribution in [3.8, 4) is 5.75 Å². The van der Waals surface area contributed by atoms with Crippen LogP contribution in [0.2, 0.25) is 5.02 Å². The number of para-hydroxylation sites is 1. The van der Waals surface area contributed by atoms with Crippen LogP contribution in [-0.2, 0) is 10.4 Å². The van der Waals surface area contributed by atoms with Crippen molar-refractivity contribution in [1.82, 2.24) is 5.32 Å². The highest BCUT2D eigenvalue weighted by Gasteiger charge is 2.24. The Bertz CT molecular complexity index is 614. The highest BCUT2D eigenvalue weighted by atomic mass is 35.5. The van der Waals surface area contributed by atoms with Gasteiger partial charge in [-0.15, -0.1) is 11.3 Å². The van der Waals surface area contributed by atoms with Crippen molar-refractivity contribution in [1.29, 1.82) is 0 Å². The minimum atomic E-state index is -1.06. The van der Waals surface area contributed by atoms with Gasteiger partial charge >= 0.3 is 0 Å². The summed E-state index contributed by atoms with van der Waals surface area (Å²) in [6.07, 6.45) is 0.200. The van der Waals surface area contributed by atoms with Crippen LogP contribution in [0.5, 0.6) is 5.75 Å². The van der Waals surface area contributed by atoms with Gasteiger partial charge in [-0.25, -0.2) is 0 Å². The molecule has 2 aromatic rings. The molecule has 1 aromatic carbocycles. The molecule has 1 atom stereocenters. The summed E-state index contributed by atoms with van der Waals surface area (Å²) >= 11 is 7.42. The van der Waals surface area contributed by atoms with E-state index in [4.69, 9.17) is 16.3 Å². The van der Waals surface area contributed by atoms with Crippen LogP contribution in [0.1, 0.15) is 18.2 Å². The van der Waals surface area contributed by atoms with Gasteiger partial charge in [-0.3, -0.25) is 4.79 Å². The molecule has 0 aliphatic rings. The minimum Gasteiger partial charge on any atom is -0.491 e. The molecule has 118 valence electrons. The Labute approximate surface area is 138 Å². The summed E-state index contributed by atoms with van der Waals surface area (Å²) in [5, 5.41) is 15.4. The maximum absolute atomic E-state index is 11.8. The van der Waals surface area contributed by atoms with E-state index in [1.807, 2.05) is 29.6 Å². The zero-order chi connectivity index (χ0) is 16.0. The number of aliphatic hydroxyl groups is 1. The van der Waals surface area contributed by atoms with Crippen LogP contribution in [0.4, 0.5) is 0 Å². The van der Waals surface area contributed by atoms with Crippen LogP contribution in [-0.4, -0.2) is 24.2 Å². The van der Waals surface area contributed by atoms with Crippen LogP contribution < -0.4 is 10.1 Å². The number of rotatable bonds is 7. The number of hydrogen-bond acceptors (Lipinski definition) is 4. The van der Waals surface area contributed by atoms with Crippen molar-refractivity contribution in [2.75, 3.05) is 13.2 Å². The molecular weight excluding hydrogens is 322 g/mol. The Kier molecular flexibility index (Phi) is 5.83. The second kappa shape index (κ2) is 7.63. The summed E-state index contributed by atoms with van der Waals surface area (Å²) in [4.78, 5) is 12.6. The maximum Gasteiger partial charge on any atom is 0.223 e. The number of ether oxygens (including phenoxy) is 1. The van der Waals surface area contributed by atoms with E-state index in [-0.39, 0.29) is 25.5 Å². The predicted molar refractivity (Wildman–Crippen MR) is 88.5 cm³/mol. The summed E-state index contributed by atoms with van der Waals surface area (Å²) in [7, 11) is 0. The molecule has 1 amide bonds. The molecule has 2 N–H and O–H groups in total. The Balaban J connectivity index is 1.73. The molecule has 0 aliphatic carbocycles. The van der Waals surface area contributed by atoms with Gasteiger partial charge in [0.25, 0.3) is 0 Å². The van der Waals surface area contributed by atoms with Crippen LogP contribution in [0, 0.1) is 0 Å². The van der Waals surface area contributed by atoms with E-state index in [0.29, 0.717) is 10.8 Å². The van der Waals surface area contributed by atoms with Gasteiger partial charge in [-0.2, -0.15) is 0 Å². The zero-order valence-electron chi connectivity index (χ0n) is 12.2. The Morgan fingerprint density at radius 1 is 1.36 bits per heavy atom. The molecule has 2 rings (SSSR count). The molecular formula is C16H18ClNO3S. The number of halogens is 1. The number of hydrogen-bond donors (Lipinski definition) is 2. The lowest BCUT2D eigenvalue weighted by Gasteiger charge is -2.22. The lowest BCUT2D eigenvalue weighted by Crippen LogP contribution is -2.38. The highest BCUT2D eigenvalue weighted by Crippen LogP contribution is 2.24. The zero-order valence-corrected chi connectivity index (χ0v) is 13.8. The van der Waals surface area contributed by atoms with Crippen molar-refractivity contribution in [3.05, 3.63) is 51.7 Å². The largest absolute Gasteiger partial charge is 0.491 e. The molecule has 0 spiro atoms. The van der Waals surface area contributed by atoms with Gasteiger partial charge in [0.1, 0.15) is 11.4 Å². The van der Waals surface area contributed by atoms with Gasteiger partial charge in [0.15, 0.2) is 0 Å². The molecule has 4 nitrogen and oxygen atoms in total. The first-order valence-corrected chi connectivity index (χ1v) is 8.15. The third-order valence-electron chi connectivity index (χ3n) is 3.11. The molecule has 0 saturated carbocycles. The molecule has 1 unspecified atom stereocenters. The molecule has 0 aliphatic heterocycles. The monoisotopic (exact) mass is 339 g/mol. The third kappa shape index (κ3) is 4.73. The fourth-order valence-corrected chi connectivity index (χ4v) is 2.82. The third-order valence-corrected chi connectivity index (χ3v) is 4.54. The molecule has 22 heavy (non-hydrogen) atoms. The first-order valence-electron chi connectivity index (χ1n) is 6.89. The number of carbonyl (C=O) groups excluding carboxylic acids is 1. The van der Waals surface area contributed by atoms with Crippen molar-refractivity contribution in [2.24, 2.45) is 0 Å². The van der Waals surface area contributed by atoms with E-state index < -0.39 is 5.60 Å². The first-order chi connectivity index (χ1) is 10.5. The van der Waals surface area contributed by atoms with E-state index in [0.717, 1.165) is 4.88 Å². The summed E-state index contributed by atoms with van der Waals surface area (Å²) in [5.41, 5.74) is -1.06. The molecule has 1 aromatic heterocycles. The average molecular weight is 340 g/mol. The molecule has 0 fully saturated rings. The molecule has 0 bridgehead atoms. The fourth-order valence-electron chi connectivity index (χ4n) is 1.85. The number of carbonyl (C=O) groups is 1.